The van der Waals surface area contributed by atoms with Gasteiger partial charge < -0.3 is 15.0 Å². The Kier molecular flexibility index (Phi) is 5.96. The van der Waals surface area contributed by atoms with Crippen molar-refractivity contribution in [1.82, 2.24) is 15.2 Å². The smallest absolute Gasteiger partial charge is 0.332 e. The van der Waals surface area contributed by atoms with E-state index in [0.29, 0.717) is 30.8 Å². The number of ether oxygens (including phenoxy) is 1. The average molecular weight is 509 g/mol. The maximum atomic E-state index is 13.9. The summed E-state index contributed by atoms with van der Waals surface area (Å²) in [5, 5.41) is 3.84. The molecule has 4 aromatic rings. The van der Waals surface area contributed by atoms with Crippen molar-refractivity contribution in [2.45, 2.75) is 25.4 Å². The standard InChI is InChI=1S/C30H28N4O4/c1-18-7-9-19(10-8-18)27-26-23(22-5-3-4-6-24(22)32-26)17-25-29(36)33(30(37)34(25)27)21-13-11-20(12-14-21)28(35)31-15-16-38-2/h3-14,25,27,32H,15-17H2,1-2H3,(H,31,35)/t25-,27+/m0/s1. The number of carbonyl (C=O) groups is 3. The Balaban J connectivity index is 1.37. The summed E-state index contributed by atoms with van der Waals surface area (Å²) in [7, 11) is 1.57. The van der Waals surface area contributed by atoms with Crippen LogP contribution in [-0.4, -0.2) is 54.0 Å². The number of H-pyrrole nitrogens is 1. The number of aromatic nitrogens is 1. The number of benzene rings is 3. The second kappa shape index (κ2) is 9.46. The summed E-state index contributed by atoms with van der Waals surface area (Å²) < 4.78 is 4.97. The number of methoxy groups -OCH3 is 1. The number of hydrogen-bond donors (Lipinski definition) is 2. The van der Waals surface area contributed by atoms with Crippen LogP contribution in [0, 0.1) is 6.92 Å². The zero-order chi connectivity index (χ0) is 26.4. The zero-order valence-corrected chi connectivity index (χ0v) is 21.2. The van der Waals surface area contributed by atoms with E-state index in [4.69, 9.17) is 4.74 Å². The van der Waals surface area contributed by atoms with Crippen molar-refractivity contribution in [1.29, 1.82) is 0 Å². The number of hydrogen-bond acceptors (Lipinski definition) is 4. The van der Waals surface area contributed by atoms with E-state index < -0.39 is 12.1 Å². The maximum absolute atomic E-state index is 13.9. The SMILES string of the molecule is COCCNC(=O)c1ccc(N2C(=O)[C@@H]3Cc4c([nH]c5ccccc45)[C@@H](c4ccc(C)cc4)N3C2=O)cc1. The van der Waals surface area contributed by atoms with Gasteiger partial charge in [0.15, 0.2) is 0 Å². The molecule has 0 spiro atoms. The third kappa shape index (κ3) is 3.85. The fourth-order valence-corrected chi connectivity index (χ4v) is 5.54. The highest BCUT2D eigenvalue weighted by atomic mass is 16.5. The molecule has 2 aliphatic heterocycles. The summed E-state index contributed by atoms with van der Waals surface area (Å²) in [4.78, 5) is 46.6. The molecule has 192 valence electrons. The molecule has 0 saturated carbocycles. The Morgan fingerprint density at radius 1 is 1.03 bits per heavy atom. The van der Waals surface area contributed by atoms with E-state index in [1.807, 2.05) is 49.4 Å². The van der Waals surface area contributed by atoms with Crippen LogP contribution in [0.3, 0.4) is 0 Å². The van der Waals surface area contributed by atoms with E-state index in [9.17, 15) is 14.4 Å². The van der Waals surface area contributed by atoms with E-state index >= 15 is 0 Å². The second-order valence-electron chi connectivity index (χ2n) is 9.76. The van der Waals surface area contributed by atoms with Crippen molar-refractivity contribution in [3.63, 3.8) is 0 Å². The van der Waals surface area contributed by atoms with Crippen LogP contribution in [-0.2, 0) is 16.0 Å². The molecule has 0 bridgehead atoms. The summed E-state index contributed by atoms with van der Waals surface area (Å²) in [5.41, 5.74) is 5.96. The molecule has 0 unspecified atom stereocenters. The van der Waals surface area contributed by atoms with Crippen LogP contribution in [0.1, 0.15) is 38.8 Å². The lowest BCUT2D eigenvalue weighted by molar-refractivity contribution is -0.120. The van der Waals surface area contributed by atoms with Crippen LogP contribution in [0.25, 0.3) is 10.9 Å². The minimum absolute atomic E-state index is 0.241. The first-order chi connectivity index (χ1) is 18.5. The van der Waals surface area contributed by atoms with Crippen molar-refractivity contribution < 1.29 is 19.1 Å². The van der Waals surface area contributed by atoms with Gasteiger partial charge in [0.1, 0.15) is 12.1 Å². The van der Waals surface area contributed by atoms with Gasteiger partial charge in [-0.1, -0.05) is 48.0 Å². The van der Waals surface area contributed by atoms with E-state index in [-0.39, 0.29) is 17.8 Å². The molecule has 0 radical (unpaired) electrons. The highest BCUT2D eigenvalue weighted by Crippen LogP contribution is 2.44. The van der Waals surface area contributed by atoms with Gasteiger partial charge >= 0.3 is 6.03 Å². The minimum Gasteiger partial charge on any atom is -0.383 e. The molecule has 1 aromatic heterocycles. The van der Waals surface area contributed by atoms with Gasteiger partial charge in [0, 0.05) is 42.2 Å². The summed E-state index contributed by atoms with van der Waals surface area (Å²) in [6.07, 6.45) is 0.433. The molecule has 2 N–H and O–H groups in total. The number of anilines is 1. The van der Waals surface area contributed by atoms with Gasteiger partial charge in [-0.2, -0.15) is 0 Å². The Bertz CT molecular complexity index is 1540. The van der Waals surface area contributed by atoms with Crippen LogP contribution in [0.2, 0.25) is 0 Å². The predicted molar refractivity (Wildman–Crippen MR) is 144 cm³/mol. The van der Waals surface area contributed by atoms with Gasteiger partial charge in [-0.25, -0.2) is 9.69 Å². The number of fused-ring (bicyclic) bond motifs is 4. The van der Waals surface area contributed by atoms with E-state index in [1.54, 1.807) is 36.3 Å². The Labute approximate surface area is 220 Å². The monoisotopic (exact) mass is 508 g/mol. The molecule has 3 aromatic carbocycles. The van der Waals surface area contributed by atoms with Crippen LogP contribution in [0.5, 0.6) is 0 Å². The number of nitrogens with zero attached hydrogens (tertiary/aromatic N) is 2. The topological polar surface area (TPSA) is 94.7 Å². The summed E-state index contributed by atoms with van der Waals surface area (Å²) in [6, 6.07) is 21.3. The number of urea groups is 1. The number of para-hydroxylation sites is 1. The normalized spacial score (nSPS) is 18.6. The number of nitrogens with one attached hydrogen (secondary N) is 2. The first-order valence-corrected chi connectivity index (χ1v) is 12.7. The number of aromatic amines is 1. The first-order valence-electron chi connectivity index (χ1n) is 12.7. The number of carbonyl (C=O) groups excluding carboxylic acids is 3. The molecule has 8 nitrogen and oxygen atoms in total. The highest BCUT2D eigenvalue weighted by Gasteiger charge is 2.53. The second-order valence-corrected chi connectivity index (χ2v) is 9.76. The minimum atomic E-state index is -0.627. The van der Waals surface area contributed by atoms with Gasteiger partial charge in [-0.15, -0.1) is 0 Å². The predicted octanol–water partition coefficient (Wildman–Crippen LogP) is 4.34. The molecule has 3 heterocycles. The van der Waals surface area contributed by atoms with Gasteiger partial charge in [-0.05, 0) is 48.4 Å². The number of rotatable bonds is 6. The van der Waals surface area contributed by atoms with Crippen molar-refractivity contribution in [2.75, 3.05) is 25.2 Å². The van der Waals surface area contributed by atoms with Crippen molar-refractivity contribution >= 4 is 34.4 Å². The third-order valence-electron chi connectivity index (χ3n) is 7.42. The lowest BCUT2D eigenvalue weighted by atomic mass is 9.88. The third-order valence-corrected chi connectivity index (χ3v) is 7.42. The average Bonchev–Trinajstić information content (AvgIpc) is 3.42. The van der Waals surface area contributed by atoms with Crippen LogP contribution in [0.4, 0.5) is 10.5 Å². The fraction of sp³-hybridized carbons (Fsp3) is 0.233. The molecule has 1 fully saturated rings. The van der Waals surface area contributed by atoms with Gasteiger partial charge in [0.25, 0.3) is 11.8 Å². The van der Waals surface area contributed by atoms with Crippen molar-refractivity contribution in [3.8, 4) is 0 Å². The van der Waals surface area contributed by atoms with Crippen LogP contribution in [0.15, 0.2) is 72.8 Å². The number of imide groups is 1. The Morgan fingerprint density at radius 3 is 2.50 bits per heavy atom. The molecule has 6 rings (SSSR count). The van der Waals surface area contributed by atoms with Gasteiger partial charge in [0.05, 0.1) is 12.3 Å². The molecule has 0 aliphatic carbocycles. The number of aryl methyl sites for hydroxylation is 1. The van der Waals surface area contributed by atoms with Crippen LogP contribution >= 0.6 is 0 Å². The van der Waals surface area contributed by atoms with Crippen molar-refractivity contribution in [3.05, 3.63) is 101 Å². The van der Waals surface area contributed by atoms with Crippen LogP contribution < -0.4 is 10.2 Å². The zero-order valence-electron chi connectivity index (χ0n) is 21.2. The molecule has 2 atom stereocenters. The molecule has 38 heavy (non-hydrogen) atoms. The van der Waals surface area contributed by atoms with Crippen molar-refractivity contribution in [2.24, 2.45) is 0 Å². The Hall–Kier alpha value is -4.43. The highest BCUT2D eigenvalue weighted by molar-refractivity contribution is 6.22. The Morgan fingerprint density at radius 2 is 1.76 bits per heavy atom. The molecule has 8 heteroatoms. The summed E-state index contributed by atoms with van der Waals surface area (Å²) >= 11 is 0. The maximum Gasteiger partial charge on any atom is 0.332 e. The summed E-state index contributed by atoms with van der Waals surface area (Å²) in [5.74, 6) is -0.504. The van der Waals surface area contributed by atoms with Gasteiger partial charge in [-0.3, -0.25) is 14.5 Å². The molecular weight excluding hydrogens is 480 g/mol. The molecule has 2 aliphatic rings. The molecular formula is C30H28N4O4. The quantitative estimate of drug-likeness (QED) is 0.299. The van der Waals surface area contributed by atoms with E-state index in [0.717, 1.165) is 33.3 Å². The lowest BCUT2D eigenvalue weighted by Gasteiger charge is -2.36. The molecule has 1 saturated heterocycles. The lowest BCUT2D eigenvalue weighted by Crippen LogP contribution is -2.44. The fourth-order valence-electron chi connectivity index (χ4n) is 5.54. The summed E-state index contributed by atoms with van der Waals surface area (Å²) in [6.45, 7) is 2.83. The van der Waals surface area contributed by atoms with E-state index in [1.165, 1.54) is 4.90 Å². The first kappa shape index (κ1) is 23.9. The molecule has 4 amide bonds. The van der Waals surface area contributed by atoms with E-state index in [2.05, 4.69) is 16.4 Å². The number of amides is 4. The largest absolute Gasteiger partial charge is 0.383 e. The van der Waals surface area contributed by atoms with Gasteiger partial charge in [0.2, 0.25) is 0 Å².